The molecule has 0 aliphatic rings. The molecule has 0 amide bonds. The quantitative estimate of drug-likeness (QED) is 0.0348. The van der Waals surface area contributed by atoms with Crippen LogP contribution >= 0.6 is 0 Å². The van der Waals surface area contributed by atoms with E-state index in [-0.39, 0.29) is 31.1 Å². The second-order valence-corrected chi connectivity index (χ2v) is 17.5. The van der Waals surface area contributed by atoms with Crippen LogP contribution in [0.1, 0.15) is 266 Å². The second kappa shape index (κ2) is 42.0. The van der Waals surface area contributed by atoms with Crippen LogP contribution in [0.5, 0.6) is 0 Å². The Morgan fingerprint density at radius 3 is 1.04 bits per heavy atom. The maximum atomic E-state index is 12.7. The summed E-state index contributed by atoms with van der Waals surface area (Å²) in [6, 6.07) is 0. The van der Waals surface area contributed by atoms with Crippen molar-refractivity contribution in [2.24, 2.45) is 11.8 Å². The molecule has 0 rings (SSSR count). The summed E-state index contributed by atoms with van der Waals surface area (Å²) in [5.41, 5.74) is 0. The van der Waals surface area contributed by atoms with E-state index in [4.69, 9.17) is 14.2 Å². The van der Waals surface area contributed by atoms with Crippen molar-refractivity contribution in [2.75, 3.05) is 13.2 Å². The largest absolute Gasteiger partial charge is 0.462 e. The molecule has 0 spiro atoms. The third kappa shape index (κ3) is 41.9. The van der Waals surface area contributed by atoms with E-state index in [1.807, 2.05) is 0 Å². The zero-order valence-corrected chi connectivity index (χ0v) is 37.6. The van der Waals surface area contributed by atoms with E-state index < -0.39 is 6.10 Å². The highest BCUT2D eigenvalue weighted by Crippen LogP contribution is 2.17. The molecule has 0 aromatic carbocycles. The summed E-state index contributed by atoms with van der Waals surface area (Å²) in [5, 5.41) is 0. The monoisotopic (exact) mass is 779 g/mol. The molecule has 0 aliphatic carbocycles. The molecule has 0 heterocycles. The first-order chi connectivity index (χ1) is 26.8. The van der Waals surface area contributed by atoms with E-state index in [0.29, 0.717) is 19.3 Å². The van der Waals surface area contributed by atoms with Crippen molar-refractivity contribution in [1.82, 2.24) is 0 Å². The minimum atomic E-state index is -0.762. The number of carbonyl (C=O) groups is 3. The van der Waals surface area contributed by atoms with Crippen molar-refractivity contribution in [3.63, 3.8) is 0 Å². The molecule has 2 atom stereocenters. The van der Waals surface area contributed by atoms with E-state index in [0.717, 1.165) is 69.6 Å². The molecule has 0 radical (unpaired) electrons. The maximum absolute atomic E-state index is 12.7. The summed E-state index contributed by atoms with van der Waals surface area (Å²) in [7, 11) is 0. The molecule has 0 saturated heterocycles. The molecule has 0 N–H and O–H groups in total. The predicted octanol–water partition coefficient (Wildman–Crippen LogP) is 15.4. The zero-order chi connectivity index (χ0) is 40.5. The van der Waals surface area contributed by atoms with Gasteiger partial charge in [0.25, 0.3) is 0 Å². The molecule has 0 saturated carbocycles. The van der Waals surface area contributed by atoms with E-state index in [2.05, 4.69) is 34.6 Å². The van der Waals surface area contributed by atoms with E-state index in [1.165, 1.54) is 154 Å². The van der Waals surface area contributed by atoms with Crippen LogP contribution in [0.25, 0.3) is 0 Å². The van der Waals surface area contributed by atoms with E-state index in [1.54, 1.807) is 0 Å². The summed E-state index contributed by atoms with van der Waals surface area (Å²) in [6.07, 6.45) is 41.0. The second-order valence-electron chi connectivity index (χ2n) is 17.5. The Kier molecular flexibility index (Phi) is 40.8. The lowest BCUT2D eigenvalue weighted by molar-refractivity contribution is -0.167. The fourth-order valence-electron chi connectivity index (χ4n) is 7.25. The number of unbranched alkanes of at least 4 members (excludes halogenated alkanes) is 27. The van der Waals surface area contributed by atoms with Gasteiger partial charge < -0.3 is 14.2 Å². The zero-order valence-electron chi connectivity index (χ0n) is 37.6. The van der Waals surface area contributed by atoms with Gasteiger partial charge in [0.1, 0.15) is 13.2 Å². The molecular formula is C49H94O6. The fraction of sp³-hybridized carbons (Fsp3) is 0.939. The summed E-state index contributed by atoms with van der Waals surface area (Å²) in [4.78, 5) is 37.8. The highest BCUT2D eigenvalue weighted by molar-refractivity contribution is 5.71. The topological polar surface area (TPSA) is 78.9 Å². The van der Waals surface area contributed by atoms with Crippen LogP contribution in [0.15, 0.2) is 0 Å². The van der Waals surface area contributed by atoms with Gasteiger partial charge in [-0.1, -0.05) is 227 Å². The smallest absolute Gasteiger partial charge is 0.306 e. The Bertz CT molecular complexity index is 841. The Balaban J connectivity index is 4.29. The SMILES string of the molecule is CCCCCCCCCCCCCCCCCCCC(=O)O[C@@H](COC(=O)CCCCCCCCCC(C)C)COC(=O)CCCCCCCCC(C)CC. The number of carbonyl (C=O) groups excluding carboxylic acids is 3. The molecule has 0 aromatic rings. The van der Waals surface area contributed by atoms with Gasteiger partial charge in [-0.2, -0.15) is 0 Å². The van der Waals surface area contributed by atoms with Gasteiger partial charge in [0.2, 0.25) is 0 Å². The average molecular weight is 779 g/mol. The van der Waals surface area contributed by atoms with Crippen LogP contribution < -0.4 is 0 Å². The lowest BCUT2D eigenvalue weighted by Gasteiger charge is -2.18. The van der Waals surface area contributed by atoms with Crippen molar-refractivity contribution < 1.29 is 28.6 Å². The minimum Gasteiger partial charge on any atom is -0.462 e. The van der Waals surface area contributed by atoms with Crippen molar-refractivity contribution in [1.29, 1.82) is 0 Å². The molecule has 1 unspecified atom stereocenters. The maximum Gasteiger partial charge on any atom is 0.306 e. The first-order valence-electron chi connectivity index (χ1n) is 24.3. The summed E-state index contributed by atoms with van der Waals surface area (Å²) >= 11 is 0. The normalized spacial score (nSPS) is 12.5. The van der Waals surface area contributed by atoms with Gasteiger partial charge in [0.05, 0.1) is 0 Å². The van der Waals surface area contributed by atoms with Crippen molar-refractivity contribution >= 4 is 17.9 Å². The first kappa shape index (κ1) is 53.4. The van der Waals surface area contributed by atoms with Crippen molar-refractivity contribution in [2.45, 2.75) is 272 Å². The standard InChI is InChI=1S/C49H94O6/c1-6-8-9-10-11-12-13-14-15-16-17-18-19-20-23-31-36-41-49(52)55-46(42-53-47(50)39-34-29-24-21-22-27-32-37-44(3)4)43-54-48(51)40-35-30-26-25-28-33-38-45(5)7-2/h44-46H,6-43H2,1-5H3/t45?,46-/m0/s1. The fourth-order valence-corrected chi connectivity index (χ4v) is 7.25. The number of esters is 3. The average Bonchev–Trinajstić information content (AvgIpc) is 3.17. The third-order valence-corrected chi connectivity index (χ3v) is 11.3. The molecule has 0 bridgehead atoms. The van der Waals surface area contributed by atoms with E-state index >= 15 is 0 Å². The molecule has 6 nitrogen and oxygen atoms in total. The van der Waals surface area contributed by atoms with Crippen molar-refractivity contribution in [3.8, 4) is 0 Å². The summed E-state index contributed by atoms with van der Waals surface area (Å²) in [5.74, 6) is 0.737. The van der Waals surface area contributed by atoms with Crippen LogP contribution in [0.3, 0.4) is 0 Å². The van der Waals surface area contributed by atoms with Crippen molar-refractivity contribution in [3.05, 3.63) is 0 Å². The molecule has 6 heteroatoms. The molecule has 0 aromatic heterocycles. The van der Waals surface area contributed by atoms with Gasteiger partial charge in [0.15, 0.2) is 6.10 Å². The Hall–Kier alpha value is -1.59. The summed E-state index contributed by atoms with van der Waals surface area (Å²) in [6.45, 7) is 11.3. The predicted molar refractivity (Wildman–Crippen MR) is 233 cm³/mol. The minimum absolute atomic E-state index is 0.0661. The van der Waals surface area contributed by atoms with Crippen LogP contribution in [-0.2, 0) is 28.6 Å². The molecule has 0 aliphatic heterocycles. The number of rotatable bonds is 43. The third-order valence-electron chi connectivity index (χ3n) is 11.3. The highest BCUT2D eigenvalue weighted by Gasteiger charge is 2.19. The van der Waals surface area contributed by atoms with Gasteiger partial charge in [0, 0.05) is 19.3 Å². The lowest BCUT2D eigenvalue weighted by atomic mass is 10.00. The van der Waals surface area contributed by atoms with Gasteiger partial charge in [-0.25, -0.2) is 0 Å². The van der Waals surface area contributed by atoms with Gasteiger partial charge in [-0.3, -0.25) is 14.4 Å². The number of hydrogen-bond acceptors (Lipinski definition) is 6. The number of ether oxygens (including phenoxy) is 3. The van der Waals surface area contributed by atoms with Gasteiger partial charge in [-0.15, -0.1) is 0 Å². The first-order valence-corrected chi connectivity index (χ1v) is 24.3. The van der Waals surface area contributed by atoms with Crippen LogP contribution in [0.2, 0.25) is 0 Å². The van der Waals surface area contributed by atoms with Crippen LogP contribution in [-0.4, -0.2) is 37.2 Å². The molecule has 55 heavy (non-hydrogen) atoms. The highest BCUT2D eigenvalue weighted by atomic mass is 16.6. The summed E-state index contributed by atoms with van der Waals surface area (Å²) < 4.78 is 16.7. The van der Waals surface area contributed by atoms with Crippen LogP contribution in [0, 0.1) is 11.8 Å². The Labute approximate surface area is 342 Å². The van der Waals surface area contributed by atoms with Gasteiger partial charge >= 0.3 is 17.9 Å². The van der Waals surface area contributed by atoms with Crippen LogP contribution in [0.4, 0.5) is 0 Å². The van der Waals surface area contributed by atoms with Gasteiger partial charge in [-0.05, 0) is 31.1 Å². The van der Waals surface area contributed by atoms with E-state index in [9.17, 15) is 14.4 Å². The number of hydrogen-bond donors (Lipinski definition) is 0. The lowest BCUT2D eigenvalue weighted by Crippen LogP contribution is -2.30. The Morgan fingerprint density at radius 1 is 0.382 bits per heavy atom. The molecule has 0 fully saturated rings. The molecular weight excluding hydrogens is 685 g/mol. The Morgan fingerprint density at radius 2 is 0.691 bits per heavy atom. The molecule has 326 valence electrons.